The first kappa shape index (κ1) is 15.1. The minimum absolute atomic E-state index is 0.687. The number of hydrogen-bond donors (Lipinski definition) is 1. The molecule has 2 rings (SSSR count). The molecule has 6 heteroatoms. The zero-order valence-corrected chi connectivity index (χ0v) is 12.5. The Morgan fingerprint density at radius 1 is 1.05 bits per heavy atom. The molecule has 0 unspecified atom stereocenters. The molecule has 0 aliphatic carbocycles. The molecule has 0 bridgehead atoms. The smallest absolute Gasteiger partial charge is 0.137 e. The van der Waals surface area contributed by atoms with Crippen molar-refractivity contribution in [2.24, 2.45) is 0 Å². The number of nitrogens with one attached hydrogen (secondary N) is 1. The van der Waals surface area contributed by atoms with Crippen molar-refractivity contribution < 1.29 is 9.47 Å². The van der Waals surface area contributed by atoms with Crippen molar-refractivity contribution in [3.05, 3.63) is 36.7 Å². The van der Waals surface area contributed by atoms with Gasteiger partial charge in [0.15, 0.2) is 0 Å². The summed E-state index contributed by atoms with van der Waals surface area (Å²) in [7, 11) is 5.32. The summed E-state index contributed by atoms with van der Waals surface area (Å²) in [5, 5.41) is 3.14. The van der Waals surface area contributed by atoms with Crippen molar-refractivity contribution in [2.45, 2.75) is 0 Å². The molecule has 0 aromatic carbocycles. The fourth-order valence-electron chi connectivity index (χ4n) is 1.75. The molecule has 0 atom stereocenters. The van der Waals surface area contributed by atoms with Crippen LogP contribution in [0, 0.1) is 0 Å². The number of rotatable bonds is 7. The number of pyridine rings is 2. The van der Waals surface area contributed by atoms with Gasteiger partial charge in [0.25, 0.3) is 0 Å². The Kier molecular flexibility index (Phi) is 5.34. The van der Waals surface area contributed by atoms with E-state index in [4.69, 9.17) is 9.47 Å². The van der Waals surface area contributed by atoms with Crippen LogP contribution in [0.1, 0.15) is 0 Å². The lowest BCUT2D eigenvalue weighted by Gasteiger charge is -2.18. The van der Waals surface area contributed by atoms with E-state index >= 15 is 0 Å². The van der Waals surface area contributed by atoms with Crippen molar-refractivity contribution in [3.63, 3.8) is 0 Å². The van der Waals surface area contributed by atoms with E-state index in [1.807, 2.05) is 37.5 Å². The second-order valence-electron chi connectivity index (χ2n) is 4.52. The number of likely N-dealkylation sites (N-methyl/N-ethyl adjacent to an activating group) is 1. The van der Waals surface area contributed by atoms with E-state index in [-0.39, 0.29) is 0 Å². The second-order valence-corrected chi connectivity index (χ2v) is 4.52. The third-order valence-electron chi connectivity index (χ3n) is 3.05. The number of hydrogen-bond acceptors (Lipinski definition) is 6. The Morgan fingerprint density at radius 3 is 2.29 bits per heavy atom. The molecule has 1 N–H and O–H groups in total. The van der Waals surface area contributed by atoms with Gasteiger partial charge in [-0.3, -0.25) is 0 Å². The summed E-state index contributed by atoms with van der Waals surface area (Å²) in [5.41, 5.74) is 1.04. The summed E-state index contributed by atoms with van der Waals surface area (Å²) in [6, 6.07) is 7.63. The molecule has 0 spiro atoms. The summed E-state index contributed by atoms with van der Waals surface area (Å²) in [5.74, 6) is 2.20. The highest BCUT2D eigenvalue weighted by molar-refractivity contribution is 5.55. The molecule has 0 amide bonds. The molecule has 2 aromatic rings. The number of nitrogens with zero attached hydrogens (tertiary/aromatic N) is 3. The zero-order valence-electron chi connectivity index (χ0n) is 12.5. The summed E-state index contributed by atoms with van der Waals surface area (Å²) in [4.78, 5) is 10.7. The van der Waals surface area contributed by atoms with Gasteiger partial charge >= 0.3 is 0 Å². The van der Waals surface area contributed by atoms with Crippen molar-refractivity contribution in [3.8, 4) is 5.75 Å². The first-order chi connectivity index (χ1) is 10.2. The monoisotopic (exact) mass is 288 g/mol. The summed E-state index contributed by atoms with van der Waals surface area (Å²) >= 11 is 0. The van der Waals surface area contributed by atoms with Crippen molar-refractivity contribution >= 4 is 17.3 Å². The van der Waals surface area contributed by atoms with Crippen LogP contribution in [0.25, 0.3) is 0 Å². The van der Waals surface area contributed by atoms with Gasteiger partial charge in [0, 0.05) is 20.7 Å². The van der Waals surface area contributed by atoms with Crippen LogP contribution >= 0.6 is 0 Å². The first-order valence-corrected chi connectivity index (χ1v) is 6.66. The molecule has 0 aliphatic rings. The van der Waals surface area contributed by atoms with Gasteiger partial charge in [0.2, 0.25) is 0 Å². The van der Waals surface area contributed by atoms with E-state index in [0.29, 0.717) is 6.61 Å². The van der Waals surface area contributed by atoms with Gasteiger partial charge in [0.1, 0.15) is 17.4 Å². The average molecular weight is 288 g/mol. The van der Waals surface area contributed by atoms with Crippen LogP contribution < -0.4 is 15.0 Å². The predicted octanol–water partition coefficient (Wildman–Crippen LogP) is 2.31. The van der Waals surface area contributed by atoms with Crippen molar-refractivity contribution in [2.75, 3.05) is 44.6 Å². The van der Waals surface area contributed by atoms with E-state index in [1.165, 1.54) is 0 Å². The molecule has 6 nitrogen and oxygen atoms in total. The van der Waals surface area contributed by atoms with E-state index in [1.54, 1.807) is 20.4 Å². The van der Waals surface area contributed by atoms with E-state index in [9.17, 15) is 0 Å². The Balaban J connectivity index is 1.98. The van der Waals surface area contributed by atoms with Crippen LogP contribution in [0.4, 0.5) is 17.3 Å². The fraction of sp³-hybridized carbons (Fsp3) is 0.333. The molecule has 2 aromatic heterocycles. The van der Waals surface area contributed by atoms with E-state index in [0.717, 1.165) is 29.6 Å². The summed E-state index contributed by atoms with van der Waals surface area (Å²) in [6.07, 6.45) is 3.48. The van der Waals surface area contributed by atoms with Gasteiger partial charge in [-0.15, -0.1) is 0 Å². The van der Waals surface area contributed by atoms with Crippen molar-refractivity contribution in [1.82, 2.24) is 9.97 Å². The molecule has 0 saturated heterocycles. The lowest BCUT2D eigenvalue weighted by molar-refractivity contribution is 0.206. The SMILES string of the molecule is COCCN(C)c1ccc(Nc2ccc(OC)cn2)nc1. The molecule has 0 radical (unpaired) electrons. The Labute approximate surface area is 124 Å². The Bertz CT molecular complexity index is 543. The van der Waals surface area contributed by atoms with Gasteiger partial charge in [-0.05, 0) is 24.3 Å². The topological polar surface area (TPSA) is 59.5 Å². The third kappa shape index (κ3) is 4.32. The number of ether oxygens (including phenoxy) is 2. The normalized spacial score (nSPS) is 10.2. The number of aromatic nitrogens is 2. The van der Waals surface area contributed by atoms with Gasteiger partial charge in [0.05, 0.1) is 31.8 Å². The van der Waals surface area contributed by atoms with Crippen LogP contribution in [0.3, 0.4) is 0 Å². The maximum Gasteiger partial charge on any atom is 0.137 e. The third-order valence-corrected chi connectivity index (χ3v) is 3.05. The minimum atomic E-state index is 0.687. The quantitative estimate of drug-likeness (QED) is 0.843. The van der Waals surface area contributed by atoms with Crippen LogP contribution in [0.5, 0.6) is 5.75 Å². The fourth-order valence-corrected chi connectivity index (χ4v) is 1.75. The zero-order chi connectivity index (χ0) is 15.1. The van der Waals surface area contributed by atoms with Crippen LogP contribution in [-0.4, -0.2) is 44.4 Å². The average Bonchev–Trinajstić information content (AvgIpc) is 2.54. The molecular formula is C15H20N4O2. The van der Waals surface area contributed by atoms with Gasteiger partial charge in [-0.2, -0.15) is 0 Å². The largest absolute Gasteiger partial charge is 0.495 e. The lowest BCUT2D eigenvalue weighted by Crippen LogP contribution is -2.22. The van der Waals surface area contributed by atoms with Crippen LogP contribution in [0.15, 0.2) is 36.7 Å². The van der Waals surface area contributed by atoms with Gasteiger partial charge in [-0.1, -0.05) is 0 Å². The first-order valence-electron chi connectivity index (χ1n) is 6.66. The van der Waals surface area contributed by atoms with E-state index < -0.39 is 0 Å². The molecule has 0 saturated carbocycles. The molecule has 2 heterocycles. The maximum absolute atomic E-state index is 5.07. The van der Waals surface area contributed by atoms with Gasteiger partial charge < -0.3 is 19.7 Å². The van der Waals surface area contributed by atoms with E-state index in [2.05, 4.69) is 20.2 Å². The Morgan fingerprint density at radius 2 is 1.76 bits per heavy atom. The van der Waals surface area contributed by atoms with Crippen molar-refractivity contribution in [1.29, 1.82) is 0 Å². The molecule has 0 aliphatic heterocycles. The summed E-state index contributed by atoms with van der Waals surface area (Å²) < 4.78 is 10.1. The highest BCUT2D eigenvalue weighted by Crippen LogP contribution is 2.18. The van der Waals surface area contributed by atoms with Gasteiger partial charge in [-0.25, -0.2) is 9.97 Å². The molecule has 112 valence electrons. The highest BCUT2D eigenvalue weighted by Gasteiger charge is 2.02. The van der Waals surface area contributed by atoms with Crippen LogP contribution in [-0.2, 0) is 4.74 Å². The highest BCUT2D eigenvalue weighted by atomic mass is 16.5. The van der Waals surface area contributed by atoms with Crippen LogP contribution in [0.2, 0.25) is 0 Å². The standard InChI is InChI=1S/C15H20N4O2/c1-19(8-9-20-2)12-4-6-14(16-10-12)18-15-7-5-13(21-3)11-17-15/h4-7,10-11H,8-9H2,1-3H3,(H,16,17,18). The number of anilines is 3. The minimum Gasteiger partial charge on any atom is -0.495 e. The lowest BCUT2D eigenvalue weighted by atomic mass is 10.3. The number of methoxy groups -OCH3 is 2. The second kappa shape index (κ2) is 7.44. The molecular weight excluding hydrogens is 268 g/mol. The Hall–Kier alpha value is -2.34. The summed E-state index contributed by atoms with van der Waals surface area (Å²) in [6.45, 7) is 1.51. The maximum atomic E-state index is 5.07. The predicted molar refractivity (Wildman–Crippen MR) is 83.5 cm³/mol. The molecule has 21 heavy (non-hydrogen) atoms. The molecule has 0 fully saturated rings.